The van der Waals surface area contributed by atoms with Crippen LogP contribution in [0.3, 0.4) is 0 Å². The second kappa shape index (κ2) is 20.2. The first-order valence-electron chi connectivity index (χ1n) is 9.68. The monoisotopic (exact) mass is 344 g/mol. The van der Waals surface area contributed by atoms with E-state index in [4.69, 9.17) is 9.15 Å². The van der Waals surface area contributed by atoms with Crippen LogP contribution in [0.4, 0.5) is 0 Å². The Balaban J connectivity index is -0.000000284. The summed E-state index contributed by atoms with van der Waals surface area (Å²) in [4.78, 5) is 6.28. The molecule has 1 saturated heterocycles. The molecule has 0 N–H and O–H groups in total. The molecule has 0 radical (unpaired) electrons. The van der Waals surface area contributed by atoms with Crippen LogP contribution in [0.1, 0.15) is 81.0 Å². The van der Waals surface area contributed by atoms with Crippen molar-refractivity contribution in [2.24, 2.45) is 5.92 Å². The van der Waals surface area contributed by atoms with E-state index in [-0.39, 0.29) is 0 Å². The molecule has 2 heterocycles. The molecule has 1 aliphatic heterocycles. The van der Waals surface area contributed by atoms with Gasteiger partial charge in [0.1, 0.15) is 6.26 Å². The van der Waals surface area contributed by atoms with E-state index in [0.29, 0.717) is 17.9 Å². The zero-order valence-corrected chi connectivity index (χ0v) is 18.2. The summed E-state index contributed by atoms with van der Waals surface area (Å²) >= 11 is 0. The van der Waals surface area contributed by atoms with Crippen molar-refractivity contribution in [2.75, 3.05) is 26.7 Å². The van der Waals surface area contributed by atoms with E-state index in [1.54, 1.807) is 12.5 Å². The predicted molar refractivity (Wildman–Crippen MR) is 107 cm³/mol. The lowest BCUT2D eigenvalue weighted by atomic mass is 10.2. The largest absolute Gasteiger partial charge is 0.449 e. The lowest BCUT2D eigenvalue weighted by Gasteiger charge is -2.16. The average molecular weight is 345 g/mol. The average Bonchev–Trinajstić information content (AvgIpc) is 3.09. The highest BCUT2D eigenvalue weighted by Crippen LogP contribution is 2.09. The Hall–Kier alpha value is -0.870. The number of oxazole rings is 1. The fourth-order valence-electron chi connectivity index (χ4n) is 2.00. The molecule has 2 rings (SSSR count). The Kier molecular flexibility index (Phi) is 23.5. The van der Waals surface area contributed by atoms with Gasteiger partial charge in [0.2, 0.25) is 0 Å². The summed E-state index contributed by atoms with van der Waals surface area (Å²) in [6.45, 7) is 23.6. The third kappa shape index (κ3) is 16.0. The van der Waals surface area contributed by atoms with E-state index < -0.39 is 0 Å². The van der Waals surface area contributed by atoms with Gasteiger partial charge in [-0.25, -0.2) is 4.98 Å². The van der Waals surface area contributed by atoms with Gasteiger partial charge in [0.15, 0.2) is 5.89 Å². The van der Waals surface area contributed by atoms with Gasteiger partial charge in [-0.2, -0.15) is 0 Å². The lowest BCUT2D eigenvalue weighted by molar-refractivity contribution is 0.0592. The second-order valence-corrected chi connectivity index (χ2v) is 5.50. The minimum absolute atomic E-state index is 0.407. The molecule has 2 unspecified atom stereocenters. The minimum Gasteiger partial charge on any atom is -0.449 e. The number of ether oxygens (including phenoxy) is 1. The van der Waals surface area contributed by atoms with Gasteiger partial charge in [-0.05, 0) is 19.9 Å². The molecule has 4 nitrogen and oxygen atoms in total. The molecular formula is C20H44N2O2. The van der Waals surface area contributed by atoms with Crippen LogP contribution in [0.25, 0.3) is 0 Å². The number of aromatic nitrogens is 1. The maximum Gasteiger partial charge on any atom is 0.196 e. The molecule has 1 aromatic rings. The van der Waals surface area contributed by atoms with Gasteiger partial charge in [-0.3, -0.25) is 0 Å². The third-order valence-electron chi connectivity index (χ3n) is 2.80. The molecule has 0 aliphatic carbocycles. The van der Waals surface area contributed by atoms with E-state index in [1.165, 1.54) is 6.54 Å². The predicted octanol–water partition coefficient (Wildman–Crippen LogP) is 5.85. The molecule has 0 aromatic carbocycles. The number of likely N-dealkylation sites (N-methyl/N-ethyl adjacent to an activating group) is 1. The van der Waals surface area contributed by atoms with Crippen LogP contribution in [0.5, 0.6) is 0 Å². The number of nitrogens with zero attached hydrogens (tertiary/aromatic N) is 2. The Morgan fingerprint density at radius 3 is 1.96 bits per heavy atom. The summed E-state index contributed by atoms with van der Waals surface area (Å²) in [6, 6.07) is 0. The standard InChI is InChI=1S/C8H17NO.C6H9NO.3C2H6/c1-7-4-9(3)5-8(2)10-6-7;1-5(2)6-7-3-4-8-6;3*1-2/h7-8H,4-6H2,1-3H3;3-5H,1-2H3;3*1-2H3. The van der Waals surface area contributed by atoms with Gasteiger partial charge in [-0.15, -0.1) is 0 Å². The molecule has 0 amide bonds. The minimum atomic E-state index is 0.407. The van der Waals surface area contributed by atoms with Crippen LogP contribution < -0.4 is 0 Å². The normalized spacial score (nSPS) is 19.8. The third-order valence-corrected chi connectivity index (χ3v) is 2.80. The maximum absolute atomic E-state index is 5.54. The Morgan fingerprint density at radius 2 is 1.58 bits per heavy atom. The van der Waals surface area contributed by atoms with Crippen molar-refractivity contribution in [3.05, 3.63) is 18.4 Å². The SMILES string of the molecule is CC.CC.CC.CC(C)c1ncco1.CC1COC(C)CN(C)C1. The van der Waals surface area contributed by atoms with Crippen LogP contribution in [0, 0.1) is 5.92 Å². The summed E-state index contributed by atoms with van der Waals surface area (Å²) in [5.74, 6) is 1.91. The van der Waals surface area contributed by atoms with Gasteiger partial charge >= 0.3 is 0 Å². The molecule has 1 fully saturated rings. The Labute approximate surface area is 152 Å². The van der Waals surface area contributed by atoms with E-state index in [2.05, 4.69) is 30.8 Å². The highest BCUT2D eigenvalue weighted by molar-refractivity contribution is 4.85. The number of hydrogen-bond donors (Lipinski definition) is 0. The Bertz CT molecular complexity index is 301. The van der Waals surface area contributed by atoms with Crippen LogP contribution >= 0.6 is 0 Å². The molecular weight excluding hydrogens is 300 g/mol. The first kappa shape index (κ1) is 28.0. The van der Waals surface area contributed by atoms with Crippen molar-refractivity contribution in [2.45, 2.75) is 81.3 Å². The fourth-order valence-corrected chi connectivity index (χ4v) is 2.00. The van der Waals surface area contributed by atoms with Gasteiger partial charge in [0.25, 0.3) is 0 Å². The van der Waals surface area contributed by atoms with Crippen LogP contribution in [0.15, 0.2) is 16.9 Å². The van der Waals surface area contributed by atoms with Crippen LogP contribution in [0.2, 0.25) is 0 Å². The van der Waals surface area contributed by atoms with E-state index in [9.17, 15) is 0 Å². The number of rotatable bonds is 1. The summed E-state index contributed by atoms with van der Waals surface area (Å²) in [7, 11) is 2.15. The topological polar surface area (TPSA) is 38.5 Å². The molecule has 4 heteroatoms. The van der Waals surface area contributed by atoms with Crippen LogP contribution in [-0.4, -0.2) is 42.7 Å². The lowest BCUT2D eigenvalue weighted by Crippen LogP contribution is -2.27. The first-order chi connectivity index (χ1) is 11.5. The first-order valence-corrected chi connectivity index (χ1v) is 9.68. The highest BCUT2D eigenvalue weighted by atomic mass is 16.5. The molecule has 24 heavy (non-hydrogen) atoms. The summed E-state index contributed by atoms with van der Waals surface area (Å²) in [5, 5.41) is 0. The zero-order chi connectivity index (χ0) is 19.5. The van der Waals surface area contributed by atoms with E-state index in [1.807, 2.05) is 55.4 Å². The second-order valence-electron chi connectivity index (χ2n) is 5.50. The van der Waals surface area contributed by atoms with Crippen molar-refractivity contribution in [3.8, 4) is 0 Å². The van der Waals surface area contributed by atoms with Gasteiger partial charge < -0.3 is 14.1 Å². The van der Waals surface area contributed by atoms with E-state index >= 15 is 0 Å². The number of hydrogen-bond acceptors (Lipinski definition) is 4. The maximum atomic E-state index is 5.54. The summed E-state index contributed by atoms with van der Waals surface area (Å²) in [6.07, 6.45) is 3.67. The molecule has 0 bridgehead atoms. The van der Waals surface area contributed by atoms with E-state index in [0.717, 1.165) is 19.0 Å². The molecule has 146 valence electrons. The molecule has 0 spiro atoms. The van der Waals surface area contributed by atoms with Crippen molar-refractivity contribution in [3.63, 3.8) is 0 Å². The van der Waals surface area contributed by atoms with Gasteiger partial charge in [0, 0.05) is 19.0 Å². The van der Waals surface area contributed by atoms with Gasteiger partial charge in [-0.1, -0.05) is 62.3 Å². The van der Waals surface area contributed by atoms with Gasteiger partial charge in [0.05, 0.1) is 18.9 Å². The van der Waals surface area contributed by atoms with Crippen molar-refractivity contribution in [1.82, 2.24) is 9.88 Å². The van der Waals surface area contributed by atoms with Crippen molar-refractivity contribution >= 4 is 0 Å². The van der Waals surface area contributed by atoms with Crippen molar-refractivity contribution in [1.29, 1.82) is 0 Å². The smallest absolute Gasteiger partial charge is 0.196 e. The molecule has 0 saturated carbocycles. The highest BCUT2D eigenvalue weighted by Gasteiger charge is 2.15. The quantitative estimate of drug-likeness (QED) is 0.640. The molecule has 1 aliphatic rings. The fraction of sp³-hybridized carbons (Fsp3) is 0.850. The zero-order valence-electron chi connectivity index (χ0n) is 18.2. The Morgan fingerprint density at radius 1 is 1.04 bits per heavy atom. The molecule has 2 atom stereocenters. The molecule has 1 aromatic heterocycles. The van der Waals surface area contributed by atoms with Crippen molar-refractivity contribution < 1.29 is 9.15 Å². The summed E-state index contributed by atoms with van der Waals surface area (Å²) in [5.41, 5.74) is 0. The summed E-state index contributed by atoms with van der Waals surface area (Å²) < 4.78 is 10.5. The van der Waals surface area contributed by atoms with Crippen LogP contribution in [-0.2, 0) is 4.74 Å².